The number of rotatable bonds is 7. The van der Waals surface area contributed by atoms with E-state index in [9.17, 15) is 0 Å². The number of halogens is 3. The van der Waals surface area contributed by atoms with Gasteiger partial charge < -0.3 is 10.2 Å². The Labute approximate surface area is 179 Å². The molecule has 0 radical (unpaired) electrons. The molecule has 0 atom stereocenters. The first-order chi connectivity index (χ1) is 13.0. The number of nitrogens with one attached hydrogen (secondary N) is 1. The van der Waals surface area contributed by atoms with E-state index < -0.39 is 3.79 Å². The summed E-state index contributed by atoms with van der Waals surface area (Å²) >= 11 is 19.8. The molecule has 9 heteroatoms. The maximum atomic E-state index is 6.03. The Kier molecular flexibility index (Phi) is 7.45. The molecule has 0 amide bonds. The van der Waals surface area contributed by atoms with Crippen LogP contribution >= 0.6 is 46.6 Å². The molecule has 0 unspecified atom stereocenters. The van der Waals surface area contributed by atoms with E-state index in [4.69, 9.17) is 34.8 Å². The van der Waals surface area contributed by atoms with Crippen LogP contribution in [0.4, 0.5) is 5.95 Å². The highest BCUT2D eigenvalue weighted by molar-refractivity contribution is 7.98. The number of anilines is 1. The predicted octanol–water partition coefficient (Wildman–Crippen LogP) is 4.99. The zero-order chi connectivity index (χ0) is 19.3. The summed E-state index contributed by atoms with van der Waals surface area (Å²) in [5, 5.41) is 3.24. The maximum absolute atomic E-state index is 6.03. The molecule has 2 aromatic rings. The zero-order valence-corrected chi connectivity index (χ0v) is 18.2. The summed E-state index contributed by atoms with van der Waals surface area (Å²) < 4.78 is -1.71. The van der Waals surface area contributed by atoms with Crippen molar-refractivity contribution >= 4 is 52.5 Å². The SMILES string of the molecule is CSc1ccc(-c2nc(NCCCN3CCCC3)nc(C(Cl)(Cl)Cl)n2)cc1. The first kappa shape index (κ1) is 20.9. The monoisotopic (exact) mass is 445 g/mol. The number of alkyl halides is 3. The third kappa shape index (κ3) is 6.09. The van der Waals surface area contributed by atoms with Crippen molar-refractivity contribution in [3.63, 3.8) is 0 Å². The molecule has 1 N–H and O–H groups in total. The Bertz CT molecular complexity index is 746. The molecule has 1 saturated heterocycles. The van der Waals surface area contributed by atoms with Crippen molar-refractivity contribution in [1.82, 2.24) is 19.9 Å². The first-order valence-corrected chi connectivity index (χ1v) is 11.3. The van der Waals surface area contributed by atoms with Crippen LogP contribution in [0.5, 0.6) is 0 Å². The predicted molar refractivity (Wildman–Crippen MR) is 115 cm³/mol. The van der Waals surface area contributed by atoms with Crippen molar-refractivity contribution in [2.45, 2.75) is 28.0 Å². The van der Waals surface area contributed by atoms with Crippen LogP contribution in [-0.4, -0.2) is 52.3 Å². The summed E-state index contributed by atoms with van der Waals surface area (Å²) in [6.07, 6.45) is 5.63. The van der Waals surface area contributed by atoms with Crippen LogP contribution in [0.15, 0.2) is 29.2 Å². The van der Waals surface area contributed by atoms with Crippen molar-refractivity contribution in [3.05, 3.63) is 30.1 Å². The second-order valence-corrected chi connectivity index (χ2v) is 9.52. The number of hydrogen-bond donors (Lipinski definition) is 1. The molecule has 27 heavy (non-hydrogen) atoms. The minimum Gasteiger partial charge on any atom is -0.354 e. The standard InChI is InChI=1S/C18H22Cl3N5S/c1-27-14-7-5-13(6-8-14)15-23-16(18(19,20)21)25-17(24-15)22-9-4-12-26-10-2-3-11-26/h5-8H,2-4,9-12H2,1H3,(H,22,23,24,25). The minimum atomic E-state index is -1.71. The molecule has 1 aromatic carbocycles. The zero-order valence-electron chi connectivity index (χ0n) is 15.1. The van der Waals surface area contributed by atoms with Crippen LogP contribution in [0.2, 0.25) is 0 Å². The Morgan fingerprint density at radius 3 is 2.41 bits per heavy atom. The van der Waals surface area contributed by atoms with Gasteiger partial charge in [0.05, 0.1) is 0 Å². The van der Waals surface area contributed by atoms with Gasteiger partial charge in [0.2, 0.25) is 9.74 Å². The van der Waals surface area contributed by atoms with Crippen LogP contribution in [0.25, 0.3) is 11.4 Å². The van der Waals surface area contributed by atoms with Gasteiger partial charge in [-0.2, -0.15) is 9.97 Å². The van der Waals surface area contributed by atoms with E-state index in [1.807, 2.05) is 30.5 Å². The van der Waals surface area contributed by atoms with E-state index in [0.29, 0.717) is 11.8 Å². The number of benzene rings is 1. The summed E-state index contributed by atoms with van der Waals surface area (Å²) in [6, 6.07) is 7.95. The van der Waals surface area contributed by atoms with Crippen molar-refractivity contribution in [2.24, 2.45) is 0 Å². The Morgan fingerprint density at radius 1 is 1.07 bits per heavy atom. The van der Waals surface area contributed by atoms with Crippen molar-refractivity contribution in [3.8, 4) is 11.4 Å². The normalized spacial score (nSPS) is 15.3. The first-order valence-electron chi connectivity index (χ1n) is 8.89. The summed E-state index contributed by atoms with van der Waals surface area (Å²) in [6.45, 7) is 4.21. The number of aromatic nitrogens is 3. The summed E-state index contributed by atoms with van der Waals surface area (Å²) in [5.41, 5.74) is 0.853. The summed E-state index contributed by atoms with van der Waals surface area (Å²) in [5.74, 6) is 1.03. The Balaban J connectivity index is 1.73. The third-order valence-electron chi connectivity index (χ3n) is 4.37. The second-order valence-electron chi connectivity index (χ2n) is 6.36. The quantitative estimate of drug-likeness (QED) is 0.367. The van der Waals surface area contributed by atoms with Crippen LogP contribution in [0.3, 0.4) is 0 Å². The van der Waals surface area contributed by atoms with E-state index in [0.717, 1.165) is 30.0 Å². The lowest BCUT2D eigenvalue weighted by Crippen LogP contribution is -2.23. The number of thioether (sulfide) groups is 1. The fourth-order valence-corrected chi connectivity index (χ4v) is 3.62. The summed E-state index contributed by atoms with van der Waals surface area (Å²) in [7, 11) is 0. The lowest BCUT2D eigenvalue weighted by atomic mass is 10.2. The molecule has 1 aliphatic heterocycles. The molecule has 1 aliphatic rings. The average Bonchev–Trinajstić information content (AvgIpc) is 3.18. The van der Waals surface area contributed by atoms with Gasteiger partial charge in [0, 0.05) is 17.0 Å². The average molecular weight is 447 g/mol. The summed E-state index contributed by atoms with van der Waals surface area (Å²) in [4.78, 5) is 16.8. The molecule has 1 fully saturated rings. The Hall–Kier alpha value is -0.790. The van der Waals surface area contributed by atoms with E-state index >= 15 is 0 Å². The largest absolute Gasteiger partial charge is 0.354 e. The molecule has 2 heterocycles. The molecule has 146 valence electrons. The fourth-order valence-electron chi connectivity index (χ4n) is 2.96. The molecule has 1 aromatic heterocycles. The molecule has 0 spiro atoms. The molecule has 5 nitrogen and oxygen atoms in total. The highest BCUT2D eigenvalue weighted by atomic mass is 35.6. The van der Waals surface area contributed by atoms with Gasteiger partial charge in [0.25, 0.3) is 0 Å². The van der Waals surface area contributed by atoms with Gasteiger partial charge in [-0.25, -0.2) is 4.98 Å². The number of likely N-dealkylation sites (tertiary alicyclic amines) is 1. The van der Waals surface area contributed by atoms with Gasteiger partial charge in [0.1, 0.15) is 0 Å². The molecular formula is C18H22Cl3N5S. The van der Waals surface area contributed by atoms with Gasteiger partial charge in [0.15, 0.2) is 11.6 Å². The van der Waals surface area contributed by atoms with Crippen molar-refractivity contribution in [2.75, 3.05) is 37.8 Å². The van der Waals surface area contributed by atoms with E-state index in [1.54, 1.807) is 11.8 Å². The third-order valence-corrected chi connectivity index (χ3v) is 5.62. The van der Waals surface area contributed by atoms with Crippen molar-refractivity contribution in [1.29, 1.82) is 0 Å². The number of nitrogens with zero attached hydrogens (tertiary/aromatic N) is 4. The number of hydrogen-bond acceptors (Lipinski definition) is 6. The Morgan fingerprint density at radius 2 is 1.78 bits per heavy atom. The topological polar surface area (TPSA) is 53.9 Å². The van der Waals surface area contributed by atoms with Gasteiger partial charge in [-0.05, 0) is 57.3 Å². The van der Waals surface area contributed by atoms with Crippen LogP contribution in [0, 0.1) is 0 Å². The van der Waals surface area contributed by atoms with Crippen LogP contribution in [0.1, 0.15) is 25.1 Å². The molecule has 0 bridgehead atoms. The van der Waals surface area contributed by atoms with E-state index in [2.05, 4.69) is 25.2 Å². The van der Waals surface area contributed by atoms with Gasteiger partial charge in [-0.15, -0.1) is 11.8 Å². The van der Waals surface area contributed by atoms with E-state index in [1.165, 1.54) is 25.9 Å². The highest BCUT2D eigenvalue weighted by Crippen LogP contribution is 2.37. The van der Waals surface area contributed by atoms with Crippen LogP contribution < -0.4 is 5.32 Å². The lowest BCUT2D eigenvalue weighted by molar-refractivity contribution is 0.337. The molecule has 3 rings (SSSR count). The molecule has 0 aliphatic carbocycles. The van der Waals surface area contributed by atoms with Crippen LogP contribution in [-0.2, 0) is 3.79 Å². The minimum absolute atomic E-state index is 0.119. The van der Waals surface area contributed by atoms with Crippen molar-refractivity contribution < 1.29 is 0 Å². The van der Waals surface area contributed by atoms with E-state index in [-0.39, 0.29) is 5.82 Å². The van der Waals surface area contributed by atoms with Gasteiger partial charge >= 0.3 is 0 Å². The highest BCUT2D eigenvalue weighted by Gasteiger charge is 2.28. The van der Waals surface area contributed by atoms with Gasteiger partial charge in [-0.3, -0.25) is 0 Å². The molecule has 0 saturated carbocycles. The smallest absolute Gasteiger partial charge is 0.250 e. The maximum Gasteiger partial charge on any atom is 0.250 e. The lowest BCUT2D eigenvalue weighted by Gasteiger charge is -2.15. The van der Waals surface area contributed by atoms with Gasteiger partial charge in [-0.1, -0.05) is 46.9 Å². The fraction of sp³-hybridized carbons (Fsp3) is 0.500. The second kappa shape index (κ2) is 9.61. The molecular weight excluding hydrogens is 425 g/mol.